The van der Waals surface area contributed by atoms with Gasteiger partial charge in [0.1, 0.15) is 5.58 Å². The van der Waals surface area contributed by atoms with E-state index in [4.69, 9.17) is 18.5 Å². The Kier molecular flexibility index (Phi) is 9.69. The van der Waals surface area contributed by atoms with Crippen LogP contribution in [-0.4, -0.2) is 19.5 Å². The summed E-state index contributed by atoms with van der Waals surface area (Å²) >= 11 is 0. The van der Waals surface area contributed by atoms with Crippen LogP contribution in [0.5, 0.6) is 0 Å². The second-order valence-electron chi connectivity index (χ2n) is 14.7. The van der Waals surface area contributed by atoms with Crippen molar-refractivity contribution in [1.29, 1.82) is 0 Å². The third-order valence-corrected chi connectivity index (χ3v) is 9.25. The van der Waals surface area contributed by atoms with E-state index >= 15 is 0 Å². The first-order chi connectivity index (χ1) is 26.1. The number of nitrogens with zero attached hydrogens (tertiary/aromatic N) is 4. The molecule has 0 aliphatic heterocycles. The largest absolute Gasteiger partial charge is 0.501 e. The zero-order valence-corrected chi connectivity index (χ0v) is 33.3. The maximum Gasteiger partial charge on any atom is 0.120 e. The van der Waals surface area contributed by atoms with Crippen molar-refractivity contribution in [3.63, 3.8) is 0 Å². The van der Waals surface area contributed by atoms with Gasteiger partial charge in [0, 0.05) is 58.4 Å². The summed E-state index contributed by atoms with van der Waals surface area (Å²) in [5, 5.41) is 2.17. The number of hydrogen-bond donors (Lipinski definition) is 0. The van der Waals surface area contributed by atoms with E-state index in [1.807, 2.05) is 24.4 Å². The van der Waals surface area contributed by atoms with Crippen LogP contribution in [0.4, 0.5) is 4.39 Å². The molecule has 53 heavy (non-hydrogen) atoms. The fraction of sp³-hybridized carbons (Fsp3) is 0.239. The number of hydrogen-bond acceptors (Lipinski definition) is 4. The Morgan fingerprint density at radius 2 is 1.58 bits per heavy atom. The zero-order chi connectivity index (χ0) is 39.2. The Balaban J connectivity index is 0.000000248. The van der Waals surface area contributed by atoms with Crippen LogP contribution >= 0.6 is 0 Å². The molecule has 0 spiro atoms. The second kappa shape index (κ2) is 15.2. The van der Waals surface area contributed by atoms with Crippen molar-refractivity contribution in [3.8, 4) is 28.3 Å². The van der Waals surface area contributed by atoms with Crippen molar-refractivity contribution < 1.29 is 33.0 Å². The smallest absolute Gasteiger partial charge is 0.120 e. The summed E-state index contributed by atoms with van der Waals surface area (Å²) in [5.74, 6) is 1.13. The first-order valence-electron chi connectivity index (χ1n) is 19.1. The van der Waals surface area contributed by atoms with E-state index < -0.39 is 6.85 Å². The molecule has 4 aromatic heterocycles. The summed E-state index contributed by atoms with van der Waals surface area (Å²) < 4.78 is 43.1. The molecule has 8 aromatic rings. The molecule has 0 saturated heterocycles. The van der Waals surface area contributed by atoms with Gasteiger partial charge in [0.15, 0.2) is 0 Å². The van der Waals surface area contributed by atoms with Gasteiger partial charge in [0.2, 0.25) is 0 Å². The van der Waals surface area contributed by atoms with Gasteiger partial charge >= 0.3 is 0 Å². The molecule has 0 aliphatic carbocycles. The van der Waals surface area contributed by atoms with Crippen LogP contribution in [-0.2, 0) is 25.5 Å². The van der Waals surface area contributed by atoms with E-state index in [2.05, 4.69) is 113 Å². The van der Waals surface area contributed by atoms with Crippen LogP contribution in [0.2, 0.25) is 0 Å². The molecule has 271 valence electrons. The van der Waals surface area contributed by atoms with Crippen LogP contribution < -0.4 is 0 Å². The summed E-state index contributed by atoms with van der Waals surface area (Å²) in [6, 6.07) is 34.5. The molecule has 5 nitrogen and oxygen atoms in total. The summed E-state index contributed by atoms with van der Waals surface area (Å²) in [4.78, 5) is 14.2. The standard InChI is InChI=1S/C34H34N3O.C12H9FN.Ir/c1-20(2)22-13-10-14-23(21(3)4)31(22)37-28-19-35-30(34(5,6)7)18-27(28)36-33(37)26-16-11-15-25-24-12-8-9-17-29(24)38-32(25)26;1-9-2-7-12(14-8-9)10-3-5-11(13)6-4-10;/h8-15,17-21H,1-7H3;2-3,5-8H,1H3;/q2*-1;/i;1D3;. The SMILES string of the molecule is CC(C)c1cccc(C(C)C)c1-n1c(-c2[c-]ccc3c2oc2ccccc23)nc2cc(C(C)(C)C)ncc21.[2H]C([2H])([2H])c1ccc(-c2[c-]cc(F)cc2)nc1.[Ir]. The van der Waals surface area contributed by atoms with Crippen LogP contribution in [0.3, 0.4) is 0 Å². The zero-order valence-electron chi connectivity index (χ0n) is 33.9. The predicted molar refractivity (Wildman–Crippen MR) is 210 cm³/mol. The molecular formula is C46H43FIrN4O-2. The monoisotopic (exact) mass is 882 g/mol. The van der Waals surface area contributed by atoms with Crippen molar-refractivity contribution in [2.75, 3.05) is 0 Å². The quantitative estimate of drug-likeness (QED) is 0.162. The van der Waals surface area contributed by atoms with Crippen LogP contribution in [0, 0.1) is 24.8 Å². The minimum atomic E-state index is -2.15. The first-order valence-corrected chi connectivity index (χ1v) is 17.6. The number of aromatic nitrogens is 4. The molecular weight excluding hydrogens is 836 g/mol. The van der Waals surface area contributed by atoms with E-state index in [-0.39, 0.29) is 36.9 Å². The van der Waals surface area contributed by atoms with Gasteiger partial charge in [0.25, 0.3) is 0 Å². The molecule has 0 unspecified atom stereocenters. The van der Waals surface area contributed by atoms with Crippen molar-refractivity contribution in [3.05, 3.63) is 144 Å². The number of benzene rings is 4. The Morgan fingerprint density at radius 1 is 0.830 bits per heavy atom. The number of rotatable bonds is 5. The number of halogens is 1. The molecule has 7 heteroatoms. The van der Waals surface area contributed by atoms with E-state index in [0.29, 0.717) is 23.1 Å². The third-order valence-electron chi connectivity index (χ3n) is 9.25. The van der Waals surface area contributed by atoms with Gasteiger partial charge in [-0.2, -0.15) is 0 Å². The van der Waals surface area contributed by atoms with Crippen molar-refractivity contribution in [2.45, 2.75) is 72.6 Å². The average Bonchev–Trinajstić information content (AvgIpc) is 3.73. The summed E-state index contributed by atoms with van der Waals surface area (Å²) in [5.41, 5.74) is 10.5. The molecule has 8 rings (SSSR count). The van der Waals surface area contributed by atoms with Gasteiger partial charge in [-0.25, -0.2) is 0 Å². The fourth-order valence-electron chi connectivity index (χ4n) is 6.53. The summed E-state index contributed by atoms with van der Waals surface area (Å²) in [7, 11) is 0. The van der Waals surface area contributed by atoms with Crippen molar-refractivity contribution in [1.82, 2.24) is 19.5 Å². The molecule has 4 heterocycles. The van der Waals surface area contributed by atoms with E-state index in [0.717, 1.165) is 50.1 Å². The first kappa shape index (κ1) is 33.8. The van der Waals surface area contributed by atoms with Crippen LogP contribution in [0.25, 0.3) is 61.3 Å². The summed E-state index contributed by atoms with van der Waals surface area (Å²) in [6.07, 6.45) is 3.30. The number of pyridine rings is 2. The maximum atomic E-state index is 12.7. The number of furan rings is 1. The average molecular weight is 882 g/mol. The Morgan fingerprint density at radius 3 is 2.23 bits per heavy atom. The fourth-order valence-corrected chi connectivity index (χ4v) is 6.53. The predicted octanol–water partition coefficient (Wildman–Crippen LogP) is 12.3. The van der Waals surface area contributed by atoms with E-state index in [1.165, 1.54) is 41.2 Å². The minimum Gasteiger partial charge on any atom is -0.501 e. The topological polar surface area (TPSA) is 56.7 Å². The van der Waals surface area contributed by atoms with E-state index in [1.54, 1.807) is 12.1 Å². The molecule has 0 saturated carbocycles. The number of aryl methyl sites for hydroxylation is 1. The molecule has 0 aliphatic rings. The molecule has 0 amide bonds. The number of fused-ring (bicyclic) bond motifs is 4. The van der Waals surface area contributed by atoms with Gasteiger partial charge in [-0.3, -0.25) is 14.4 Å². The molecule has 0 atom stereocenters. The van der Waals surface area contributed by atoms with Gasteiger partial charge < -0.3 is 14.0 Å². The van der Waals surface area contributed by atoms with Gasteiger partial charge in [-0.05, 0) is 53.2 Å². The Bertz CT molecular complexity index is 2610. The van der Waals surface area contributed by atoms with Gasteiger partial charge in [-0.15, -0.1) is 48.0 Å². The van der Waals surface area contributed by atoms with Gasteiger partial charge in [0.05, 0.1) is 28.6 Å². The molecule has 0 N–H and O–H groups in total. The third kappa shape index (κ3) is 7.46. The van der Waals surface area contributed by atoms with Crippen LogP contribution in [0.15, 0.2) is 108 Å². The summed E-state index contributed by atoms with van der Waals surface area (Å²) in [6.45, 7) is 13.4. The number of imidazole rings is 1. The van der Waals surface area contributed by atoms with Gasteiger partial charge in [-0.1, -0.05) is 108 Å². The molecule has 1 radical (unpaired) electrons. The molecule has 4 aromatic carbocycles. The minimum absolute atomic E-state index is 0. The Labute approximate surface area is 328 Å². The van der Waals surface area contributed by atoms with Crippen molar-refractivity contribution in [2.24, 2.45) is 0 Å². The van der Waals surface area contributed by atoms with E-state index in [9.17, 15) is 4.39 Å². The van der Waals surface area contributed by atoms with Crippen LogP contribution in [0.1, 0.15) is 86.8 Å². The number of para-hydroxylation sites is 2. The second-order valence-corrected chi connectivity index (χ2v) is 14.7. The molecule has 0 bridgehead atoms. The Hall–Kier alpha value is -4.97. The molecule has 0 fully saturated rings. The maximum absolute atomic E-state index is 12.7. The normalized spacial score (nSPS) is 12.8. The van der Waals surface area contributed by atoms with Crippen molar-refractivity contribution >= 4 is 33.0 Å².